The summed E-state index contributed by atoms with van der Waals surface area (Å²) < 4.78 is 6.88. The summed E-state index contributed by atoms with van der Waals surface area (Å²) in [5, 5.41) is 13.6. The lowest BCUT2D eigenvalue weighted by atomic mass is 10.1. The highest BCUT2D eigenvalue weighted by atomic mass is 16.4. The molecule has 1 saturated heterocycles. The van der Waals surface area contributed by atoms with Crippen LogP contribution in [0.15, 0.2) is 29.1 Å². The first-order valence-electron chi connectivity index (χ1n) is 8.16. The summed E-state index contributed by atoms with van der Waals surface area (Å²) >= 11 is 0. The van der Waals surface area contributed by atoms with Gasteiger partial charge in [0.05, 0.1) is 18.1 Å². The minimum Gasteiger partial charge on any atom is -0.480 e. The van der Waals surface area contributed by atoms with Crippen LogP contribution in [0.5, 0.6) is 0 Å². The number of aryl methyl sites for hydroxylation is 2. The Morgan fingerprint density at radius 2 is 2.12 bits per heavy atom. The largest absolute Gasteiger partial charge is 0.480 e. The maximum absolute atomic E-state index is 13.0. The first kappa shape index (κ1) is 17.1. The summed E-state index contributed by atoms with van der Waals surface area (Å²) in [4.78, 5) is 27.9. The number of anilines is 1. The van der Waals surface area contributed by atoms with Gasteiger partial charge in [-0.2, -0.15) is 5.10 Å². The molecule has 134 valence electrons. The predicted molar refractivity (Wildman–Crippen MR) is 90.1 cm³/mol. The second-order valence-electron chi connectivity index (χ2n) is 6.42. The number of nitrogens with zero attached hydrogens (tertiary/aromatic N) is 4. The molecule has 3 rings (SSSR count). The van der Waals surface area contributed by atoms with Crippen LogP contribution >= 0.6 is 0 Å². The van der Waals surface area contributed by atoms with Crippen LogP contribution < -0.4 is 4.90 Å². The van der Waals surface area contributed by atoms with Crippen LogP contribution in [0.4, 0.5) is 5.69 Å². The summed E-state index contributed by atoms with van der Waals surface area (Å²) in [6, 6.07) is 0.608. The Labute approximate surface area is 145 Å². The van der Waals surface area contributed by atoms with Gasteiger partial charge in [-0.1, -0.05) is 0 Å². The summed E-state index contributed by atoms with van der Waals surface area (Å²) in [5.41, 5.74) is 1.59. The molecular weight excluding hydrogens is 324 g/mol. The summed E-state index contributed by atoms with van der Waals surface area (Å²) in [7, 11) is 3.49. The number of aliphatic carboxylic acids is 1. The Hall–Kier alpha value is -2.77. The van der Waals surface area contributed by atoms with Gasteiger partial charge < -0.3 is 19.3 Å². The van der Waals surface area contributed by atoms with Crippen molar-refractivity contribution in [2.75, 3.05) is 11.9 Å². The second-order valence-corrected chi connectivity index (χ2v) is 6.42. The number of rotatable bonds is 5. The lowest BCUT2D eigenvalue weighted by molar-refractivity contribution is -0.138. The first-order valence-corrected chi connectivity index (χ1v) is 8.16. The molecule has 1 N–H and O–H groups in total. The number of carboxylic acids is 1. The highest BCUT2D eigenvalue weighted by Gasteiger charge is 2.43. The number of hydrogen-bond donors (Lipinski definition) is 1. The monoisotopic (exact) mass is 346 g/mol. The van der Waals surface area contributed by atoms with Gasteiger partial charge in [0.25, 0.3) is 0 Å². The molecule has 2 unspecified atom stereocenters. The van der Waals surface area contributed by atoms with Crippen molar-refractivity contribution in [3.8, 4) is 0 Å². The number of amides is 1. The van der Waals surface area contributed by atoms with Gasteiger partial charge >= 0.3 is 5.97 Å². The molecule has 0 aromatic carbocycles. The van der Waals surface area contributed by atoms with E-state index in [4.69, 9.17) is 4.42 Å². The maximum Gasteiger partial charge on any atom is 0.326 e. The van der Waals surface area contributed by atoms with Crippen molar-refractivity contribution in [2.45, 2.75) is 38.4 Å². The Morgan fingerprint density at radius 3 is 2.68 bits per heavy atom. The molecule has 25 heavy (non-hydrogen) atoms. The molecule has 2 atom stereocenters. The van der Waals surface area contributed by atoms with Gasteiger partial charge in [0, 0.05) is 32.4 Å². The highest BCUT2D eigenvalue weighted by Crippen LogP contribution is 2.31. The van der Waals surface area contributed by atoms with Crippen molar-refractivity contribution in [3.63, 3.8) is 0 Å². The maximum atomic E-state index is 13.0. The van der Waals surface area contributed by atoms with E-state index in [1.807, 2.05) is 13.0 Å². The molecule has 1 aliphatic heterocycles. The topological polar surface area (TPSA) is 91.8 Å². The van der Waals surface area contributed by atoms with Crippen LogP contribution in [0.2, 0.25) is 0 Å². The van der Waals surface area contributed by atoms with Crippen LogP contribution in [0, 0.1) is 6.92 Å². The normalized spacial score (nSPS) is 20.0. The third kappa shape index (κ3) is 3.24. The number of likely N-dealkylation sites (N-methyl/N-ethyl adjacent to an activating group) is 1. The molecule has 0 radical (unpaired) electrons. The lowest BCUT2D eigenvalue weighted by Gasteiger charge is -2.31. The number of carbonyl (C=O) groups is 2. The molecular formula is C17H22N4O4. The van der Waals surface area contributed by atoms with E-state index in [9.17, 15) is 14.7 Å². The Morgan fingerprint density at radius 1 is 1.40 bits per heavy atom. The van der Waals surface area contributed by atoms with E-state index in [1.54, 1.807) is 47.2 Å². The first-order chi connectivity index (χ1) is 11.9. The van der Waals surface area contributed by atoms with Crippen LogP contribution in [0.3, 0.4) is 0 Å². The van der Waals surface area contributed by atoms with E-state index in [-0.39, 0.29) is 5.91 Å². The molecule has 0 aliphatic carbocycles. The number of hydrogen-bond acceptors (Lipinski definition) is 5. The van der Waals surface area contributed by atoms with Gasteiger partial charge in [0.2, 0.25) is 5.91 Å². The SMILES string of the molecule is Cc1occc1CN(C)C(=O)C1CCC(C(=O)O)N1c1cnn(C)c1. The molecule has 1 fully saturated rings. The van der Waals surface area contributed by atoms with E-state index in [1.165, 1.54) is 0 Å². The van der Waals surface area contributed by atoms with E-state index >= 15 is 0 Å². The quantitative estimate of drug-likeness (QED) is 0.880. The van der Waals surface area contributed by atoms with Gasteiger partial charge in [-0.05, 0) is 25.8 Å². The van der Waals surface area contributed by atoms with Crippen molar-refractivity contribution in [1.82, 2.24) is 14.7 Å². The zero-order valence-corrected chi connectivity index (χ0v) is 14.5. The third-order valence-corrected chi connectivity index (χ3v) is 4.69. The van der Waals surface area contributed by atoms with Crippen LogP contribution in [-0.4, -0.2) is 50.8 Å². The minimum absolute atomic E-state index is 0.104. The Bertz CT molecular complexity index is 781. The number of aromatic nitrogens is 2. The second kappa shape index (κ2) is 6.62. The average molecular weight is 346 g/mol. The van der Waals surface area contributed by atoms with E-state index < -0.39 is 18.1 Å². The standard InChI is InChI=1S/C17H22N4O4/c1-11-12(6-7-25-11)9-19(2)16(22)14-4-5-15(17(23)24)21(14)13-8-18-20(3)10-13/h6-8,10,14-15H,4-5,9H2,1-3H3,(H,23,24). The minimum atomic E-state index is -0.924. The fraction of sp³-hybridized carbons (Fsp3) is 0.471. The zero-order valence-electron chi connectivity index (χ0n) is 14.5. The van der Waals surface area contributed by atoms with E-state index in [2.05, 4.69) is 5.10 Å². The summed E-state index contributed by atoms with van der Waals surface area (Å²) in [6.45, 7) is 2.28. The fourth-order valence-electron chi connectivity index (χ4n) is 3.36. The van der Waals surface area contributed by atoms with Crippen molar-refractivity contribution < 1.29 is 19.1 Å². The van der Waals surface area contributed by atoms with Gasteiger partial charge in [-0.25, -0.2) is 4.79 Å². The highest BCUT2D eigenvalue weighted by molar-refractivity contribution is 5.90. The van der Waals surface area contributed by atoms with Gasteiger partial charge in [0.15, 0.2) is 0 Å². The van der Waals surface area contributed by atoms with Crippen LogP contribution in [0.25, 0.3) is 0 Å². The van der Waals surface area contributed by atoms with Crippen LogP contribution in [0.1, 0.15) is 24.2 Å². The lowest BCUT2D eigenvalue weighted by Crippen LogP contribution is -2.48. The fourth-order valence-corrected chi connectivity index (χ4v) is 3.36. The Kier molecular flexibility index (Phi) is 4.52. The number of carbonyl (C=O) groups excluding carboxylic acids is 1. The van der Waals surface area contributed by atoms with Crippen molar-refractivity contribution >= 4 is 17.6 Å². The van der Waals surface area contributed by atoms with Gasteiger partial charge in [-0.3, -0.25) is 9.48 Å². The smallest absolute Gasteiger partial charge is 0.326 e. The van der Waals surface area contributed by atoms with Gasteiger partial charge in [0.1, 0.15) is 17.8 Å². The van der Waals surface area contributed by atoms with Crippen molar-refractivity contribution in [1.29, 1.82) is 0 Å². The van der Waals surface area contributed by atoms with Crippen LogP contribution in [-0.2, 0) is 23.2 Å². The number of carboxylic acid groups (broad SMARTS) is 1. The molecule has 8 nitrogen and oxygen atoms in total. The molecule has 2 aromatic heterocycles. The predicted octanol–water partition coefficient (Wildman–Crippen LogP) is 1.40. The molecule has 1 aliphatic rings. The molecule has 8 heteroatoms. The molecule has 1 amide bonds. The summed E-state index contributed by atoms with van der Waals surface area (Å²) in [6.07, 6.45) is 5.86. The van der Waals surface area contributed by atoms with Crippen molar-refractivity contribution in [2.24, 2.45) is 7.05 Å². The Balaban J connectivity index is 1.82. The van der Waals surface area contributed by atoms with E-state index in [0.717, 1.165) is 11.3 Å². The zero-order chi connectivity index (χ0) is 18.1. The van der Waals surface area contributed by atoms with E-state index in [0.29, 0.717) is 25.1 Å². The average Bonchev–Trinajstić information content (AvgIpc) is 3.26. The molecule has 3 heterocycles. The molecule has 0 spiro atoms. The summed E-state index contributed by atoms with van der Waals surface area (Å²) in [5.74, 6) is -0.251. The number of furan rings is 1. The van der Waals surface area contributed by atoms with Gasteiger partial charge in [-0.15, -0.1) is 0 Å². The third-order valence-electron chi connectivity index (χ3n) is 4.69. The molecule has 0 saturated carbocycles. The molecule has 2 aromatic rings. The van der Waals surface area contributed by atoms with Crippen molar-refractivity contribution in [3.05, 3.63) is 36.0 Å². The molecule has 0 bridgehead atoms.